The van der Waals surface area contributed by atoms with E-state index in [9.17, 15) is 6.85 Å². The molecule has 0 radical (unpaired) electrons. The first-order valence-electron chi connectivity index (χ1n) is 31.4. The van der Waals surface area contributed by atoms with Crippen molar-refractivity contribution >= 4 is 101 Å². The van der Waals surface area contributed by atoms with Crippen molar-refractivity contribution in [2.24, 2.45) is 0 Å². The second kappa shape index (κ2) is 20.4. The predicted octanol–water partition coefficient (Wildman–Crippen LogP) is 12.2. The molecule has 15 rings (SSSR count). The van der Waals surface area contributed by atoms with Gasteiger partial charge in [0.25, 0.3) is 0 Å². The van der Waals surface area contributed by atoms with Crippen LogP contribution in [-0.4, -0.2) is 40.2 Å². The summed E-state index contributed by atoms with van der Waals surface area (Å²) in [5.41, 5.74) is 3.84. The van der Waals surface area contributed by atoms with Gasteiger partial charge in [0, 0.05) is 27.1 Å². The van der Waals surface area contributed by atoms with Crippen LogP contribution in [0.5, 0.6) is 0 Å². The molecule has 386 valence electrons. The summed E-state index contributed by atoms with van der Waals surface area (Å²) < 4.78 is 83.6. The number of fused-ring (bicyclic) bond motifs is 6. The monoisotopic (exact) mass is 1090 g/mol. The second-order valence-electron chi connectivity index (χ2n) is 20.4. The van der Waals surface area contributed by atoms with Gasteiger partial charge in [-0.15, -0.1) is 0 Å². The summed E-state index contributed by atoms with van der Waals surface area (Å²) in [6, 6.07) is 88.3. The fourth-order valence-electron chi connectivity index (χ4n) is 12.5. The molecule has 82 heavy (non-hydrogen) atoms. The third-order valence-corrected chi connectivity index (χ3v) is 25.2. The summed E-state index contributed by atoms with van der Waals surface area (Å²) >= 11 is 0. The highest BCUT2D eigenvalue weighted by Gasteiger charge is 2.46. The van der Waals surface area contributed by atoms with E-state index in [0.717, 1.165) is 69.5 Å². The summed E-state index contributed by atoms with van der Waals surface area (Å²) in [6.07, 6.45) is 0. The molecule has 0 fully saturated rings. The van der Waals surface area contributed by atoms with Crippen LogP contribution >= 0.6 is 0 Å². The quantitative estimate of drug-likeness (QED) is 0.0905. The fourth-order valence-corrected chi connectivity index (χ4v) is 21.8. The maximum absolute atomic E-state index is 11.7. The Morgan fingerprint density at radius 1 is 0.268 bits per heavy atom. The Kier molecular flexibility index (Phi) is 10.2. The van der Waals surface area contributed by atoms with E-state index in [2.05, 4.69) is 60.7 Å². The largest absolute Gasteiger partial charge is 0.278 e. The lowest BCUT2D eigenvalue weighted by atomic mass is 10.1. The van der Waals surface area contributed by atoms with E-state index in [4.69, 9.17) is 19.1 Å². The minimum atomic E-state index is -4.28. The summed E-state index contributed by atoms with van der Waals surface area (Å²) in [5.74, 6) is 0.555. The molecule has 15 aromatic rings. The molecule has 0 saturated heterocycles. The molecule has 0 bridgehead atoms. The Hall–Kier alpha value is -10.3. The van der Waals surface area contributed by atoms with Gasteiger partial charge in [-0.25, -0.2) is 0 Å². The summed E-state index contributed by atoms with van der Waals surface area (Å²) in [5, 5.41) is 9.66. The number of hydrogen-bond acceptors (Lipinski definition) is 3. The van der Waals surface area contributed by atoms with Crippen molar-refractivity contribution < 1.29 is 11.0 Å². The van der Waals surface area contributed by atoms with Crippen LogP contribution in [0.3, 0.4) is 0 Å². The lowest BCUT2D eigenvalue weighted by Gasteiger charge is -2.38. The molecule has 0 N–H and O–H groups in total. The highest BCUT2D eigenvalue weighted by Crippen LogP contribution is 2.35. The first-order valence-corrected chi connectivity index (χ1v) is 31.4. The predicted molar refractivity (Wildman–Crippen MR) is 347 cm³/mol. The lowest BCUT2D eigenvalue weighted by Crippen LogP contribution is -2.78. The van der Waals surface area contributed by atoms with Crippen LogP contribution in [0.2, 0.25) is 0 Å². The maximum atomic E-state index is 11.7. The molecule has 0 spiro atoms. The highest BCUT2D eigenvalue weighted by molar-refractivity contribution is 7.22. The molecule has 0 saturated carbocycles. The first-order chi connectivity index (χ1) is 44.0. The zero-order valence-corrected chi connectivity index (χ0v) is 46.2. The summed E-state index contributed by atoms with van der Waals surface area (Å²) in [7, 11) is -8.27. The molecule has 0 amide bonds. The Morgan fingerprint density at radius 3 is 0.976 bits per heavy atom. The van der Waals surface area contributed by atoms with E-state index in [1.54, 1.807) is 6.07 Å². The molecule has 5 nitrogen and oxygen atoms in total. The van der Waals surface area contributed by atoms with Crippen molar-refractivity contribution in [3.8, 4) is 34.4 Å². The molecule has 0 aliphatic rings. The van der Waals surface area contributed by atoms with E-state index in [1.165, 1.54) is 0 Å². The Morgan fingerprint density at radius 2 is 0.598 bits per heavy atom. The number of nitrogens with zero attached hydrogens (tertiary/aromatic N) is 5. The van der Waals surface area contributed by atoms with E-state index in [0.29, 0.717) is 21.1 Å². The summed E-state index contributed by atoms with van der Waals surface area (Å²) in [6.45, 7) is 0. The van der Waals surface area contributed by atoms with Gasteiger partial charge in [0.1, 0.15) is 0 Å². The second-order valence-corrected chi connectivity index (χ2v) is 27.9. The van der Waals surface area contributed by atoms with Crippen LogP contribution in [0, 0.1) is 0 Å². The third kappa shape index (κ3) is 7.92. The van der Waals surface area contributed by atoms with Crippen molar-refractivity contribution in [2.45, 2.75) is 0 Å². The van der Waals surface area contributed by atoms with Crippen molar-refractivity contribution in [2.75, 3.05) is 0 Å². The zero-order valence-electron chi connectivity index (χ0n) is 52.2. The molecule has 0 aliphatic heterocycles. The Bertz CT molecular complexity index is 4900. The van der Waals surface area contributed by atoms with E-state index in [1.807, 2.05) is 215 Å². The van der Waals surface area contributed by atoms with Gasteiger partial charge in [-0.1, -0.05) is 297 Å². The SMILES string of the molecule is [2H]c1c([2H])c([2H])c(-c2cccc([Si](c3ccccc3)(c3ccccc3)c3c([2H])c(-c4nc(-n5c6ccccc6c6ccccc65)nc(-n5c6ccccc6c6ccccc65)n4)c([2H])c([Si](c4ccccc4)(c4ccccc4)c4ccccc4)c3[2H])c2)c([2H])c1[2H]. The lowest BCUT2D eigenvalue weighted by molar-refractivity contribution is 0.893. The molecule has 3 aromatic heterocycles. The normalized spacial score (nSPS) is 13.3. The minimum absolute atomic E-state index is 0.00357. The van der Waals surface area contributed by atoms with Crippen LogP contribution in [0.1, 0.15) is 11.0 Å². The van der Waals surface area contributed by atoms with Crippen LogP contribution in [0.4, 0.5) is 0 Å². The number of rotatable bonds is 12. The van der Waals surface area contributed by atoms with Gasteiger partial charge in [-0.2, -0.15) is 15.0 Å². The number of para-hydroxylation sites is 4. The smallest absolute Gasteiger partial charge is 0.240 e. The number of hydrogen-bond donors (Lipinski definition) is 0. The molecule has 0 unspecified atom stereocenters. The van der Waals surface area contributed by atoms with E-state index >= 15 is 0 Å². The molecule has 0 aliphatic carbocycles. The van der Waals surface area contributed by atoms with Crippen LogP contribution in [0.25, 0.3) is 78.0 Å². The molecule has 0 atom stereocenters. The van der Waals surface area contributed by atoms with E-state index in [-0.39, 0.29) is 59.1 Å². The average Bonchev–Trinajstić information content (AvgIpc) is 0.905. The van der Waals surface area contributed by atoms with Crippen LogP contribution in [-0.2, 0) is 0 Å². The highest BCUT2D eigenvalue weighted by atomic mass is 28.3. The average molecular weight is 1090 g/mol. The molecule has 3 heterocycles. The van der Waals surface area contributed by atoms with Gasteiger partial charge < -0.3 is 0 Å². The topological polar surface area (TPSA) is 48.5 Å². The van der Waals surface area contributed by atoms with Gasteiger partial charge >= 0.3 is 0 Å². The van der Waals surface area contributed by atoms with Crippen molar-refractivity contribution in [1.82, 2.24) is 24.1 Å². The van der Waals surface area contributed by atoms with Gasteiger partial charge in [-0.05, 0) is 76.9 Å². The van der Waals surface area contributed by atoms with Gasteiger partial charge in [-0.3, -0.25) is 9.13 Å². The minimum Gasteiger partial charge on any atom is -0.278 e. The van der Waals surface area contributed by atoms with Gasteiger partial charge in [0.05, 0.1) is 33.0 Å². The van der Waals surface area contributed by atoms with Crippen molar-refractivity contribution in [1.29, 1.82) is 0 Å². The number of aromatic nitrogens is 5. The van der Waals surface area contributed by atoms with Crippen molar-refractivity contribution in [3.05, 3.63) is 321 Å². The molecular formula is C75H53N5Si2. The number of benzene rings is 12. The maximum Gasteiger partial charge on any atom is 0.240 e. The first kappa shape index (κ1) is 40.8. The zero-order chi connectivity index (χ0) is 61.4. The standard InChI is InChI=1S/C75H53N5Si2/c1-7-28-54(29-8-1)55-30-27-41-62(50-55)82(60-37-15-5-16-38-60,61-39-17-6-18-40-61)64-52-56(51-63(53-64)81(57-31-9-2-10-32-57,58-33-11-3-12-34-58)59-35-13-4-14-36-59)73-76-74(79-69-46-23-19-42-65(69)66-43-20-24-47-70(66)79)78-75(77-73)80-71-48-25-21-44-67(71)68-45-22-26-49-72(68)80/h1-53H/i1D,7D,8D,28D,29D,51D,52D,53D. The van der Waals surface area contributed by atoms with E-state index < -0.39 is 34.3 Å². The molecule has 7 heteroatoms. The molecular weight excluding hydrogens is 1030 g/mol. The Labute approximate surface area is 489 Å². The Balaban J connectivity index is 1.18. The summed E-state index contributed by atoms with van der Waals surface area (Å²) in [4.78, 5) is 16.7. The fraction of sp³-hybridized carbons (Fsp3) is 0. The van der Waals surface area contributed by atoms with Crippen molar-refractivity contribution in [3.63, 3.8) is 0 Å². The van der Waals surface area contributed by atoms with Gasteiger partial charge in [0.2, 0.25) is 11.9 Å². The van der Waals surface area contributed by atoms with Gasteiger partial charge in [0.15, 0.2) is 22.0 Å². The molecule has 12 aromatic carbocycles. The van der Waals surface area contributed by atoms with Crippen LogP contribution < -0.4 is 41.5 Å². The third-order valence-electron chi connectivity index (χ3n) is 16.0. The van der Waals surface area contributed by atoms with Crippen LogP contribution in [0.15, 0.2) is 321 Å².